The van der Waals surface area contributed by atoms with E-state index in [1.54, 1.807) is 20.9 Å². The SMILES string of the molecule is CC(C)N(C)c1ccc(C=O)cc1C(F)(F)F. The fourth-order valence-electron chi connectivity index (χ4n) is 1.44. The Kier molecular flexibility index (Phi) is 3.80. The molecule has 0 heterocycles. The van der Waals surface area contributed by atoms with Gasteiger partial charge in [-0.25, -0.2) is 0 Å². The number of aldehydes is 1. The van der Waals surface area contributed by atoms with Crippen LogP contribution in [0.5, 0.6) is 0 Å². The Labute approximate surface area is 98.0 Å². The fraction of sp³-hybridized carbons (Fsp3) is 0.417. The molecule has 1 aromatic rings. The number of carbonyl (C=O) groups is 1. The van der Waals surface area contributed by atoms with Crippen molar-refractivity contribution in [2.45, 2.75) is 26.1 Å². The van der Waals surface area contributed by atoms with Crippen LogP contribution in [0.2, 0.25) is 0 Å². The van der Waals surface area contributed by atoms with E-state index in [0.717, 1.165) is 6.07 Å². The van der Waals surface area contributed by atoms with Gasteiger partial charge < -0.3 is 4.90 Å². The predicted octanol–water partition coefficient (Wildman–Crippen LogP) is 3.36. The molecule has 0 unspecified atom stereocenters. The minimum Gasteiger partial charge on any atom is -0.372 e. The van der Waals surface area contributed by atoms with Crippen LogP contribution < -0.4 is 4.90 Å². The molecule has 0 spiro atoms. The molecule has 5 heteroatoms. The van der Waals surface area contributed by atoms with Crippen molar-refractivity contribution < 1.29 is 18.0 Å². The Morgan fingerprint density at radius 3 is 2.29 bits per heavy atom. The minimum absolute atomic E-state index is 0.0261. The molecule has 17 heavy (non-hydrogen) atoms. The molecule has 1 aromatic carbocycles. The number of halogens is 3. The number of rotatable bonds is 3. The molecular weight excluding hydrogens is 231 g/mol. The number of carbonyl (C=O) groups excluding carboxylic acids is 1. The van der Waals surface area contributed by atoms with Crippen molar-refractivity contribution in [2.75, 3.05) is 11.9 Å². The van der Waals surface area contributed by atoms with E-state index in [1.165, 1.54) is 17.0 Å². The Morgan fingerprint density at radius 1 is 1.29 bits per heavy atom. The van der Waals surface area contributed by atoms with Gasteiger partial charge in [-0.3, -0.25) is 4.79 Å². The Hall–Kier alpha value is -1.52. The van der Waals surface area contributed by atoms with Gasteiger partial charge in [0.25, 0.3) is 0 Å². The molecule has 0 saturated carbocycles. The third-order valence-electron chi connectivity index (χ3n) is 2.62. The van der Waals surface area contributed by atoms with Crippen LogP contribution in [-0.4, -0.2) is 19.4 Å². The first-order valence-electron chi connectivity index (χ1n) is 5.16. The van der Waals surface area contributed by atoms with E-state index in [1.807, 2.05) is 0 Å². The van der Waals surface area contributed by atoms with Crippen molar-refractivity contribution in [3.05, 3.63) is 29.3 Å². The van der Waals surface area contributed by atoms with Crippen LogP contribution in [0.4, 0.5) is 18.9 Å². The van der Waals surface area contributed by atoms with Crippen LogP contribution in [0.3, 0.4) is 0 Å². The highest BCUT2D eigenvalue weighted by Gasteiger charge is 2.35. The van der Waals surface area contributed by atoms with Crippen LogP contribution in [0.1, 0.15) is 29.8 Å². The third kappa shape index (κ3) is 2.99. The monoisotopic (exact) mass is 245 g/mol. The lowest BCUT2D eigenvalue weighted by Crippen LogP contribution is -2.28. The van der Waals surface area contributed by atoms with Crippen LogP contribution in [0.25, 0.3) is 0 Å². The molecule has 2 nitrogen and oxygen atoms in total. The van der Waals surface area contributed by atoms with Gasteiger partial charge in [-0.15, -0.1) is 0 Å². The number of anilines is 1. The second-order valence-corrected chi connectivity index (χ2v) is 4.10. The largest absolute Gasteiger partial charge is 0.418 e. The van der Waals surface area contributed by atoms with Gasteiger partial charge in [0.05, 0.1) is 5.56 Å². The second kappa shape index (κ2) is 4.77. The molecule has 0 amide bonds. The zero-order chi connectivity index (χ0) is 13.2. The first-order chi connectivity index (χ1) is 7.77. The van der Waals surface area contributed by atoms with Crippen LogP contribution in [0.15, 0.2) is 18.2 Å². The lowest BCUT2D eigenvalue weighted by atomic mass is 10.1. The van der Waals surface area contributed by atoms with Gasteiger partial charge in [-0.1, -0.05) is 0 Å². The summed E-state index contributed by atoms with van der Waals surface area (Å²) < 4.78 is 38.5. The Bertz CT molecular complexity index is 413. The van der Waals surface area contributed by atoms with E-state index < -0.39 is 11.7 Å². The van der Waals surface area contributed by atoms with Crippen molar-refractivity contribution in [3.8, 4) is 0 Å². The molecular formula is C12H14F3NO. The predicted molar refractivity (Wildman–Crippen MR) is 60.4 cm³/mol. The lowest BCUT2D eigenvalue weighted by molar-refractivity contribution is -0.137. The van der Waals surface area contributed by atoms with Crippen molar-refractivity contribution >= 4 is 12.0 Å². The van der Waals surface area contributed by atoms with E-state index in [2.05, 4.69) is 0 Å². The van der Waals surface area contributed by atoms with E-state index in [-0.39, 0.29) is 17.3 Å². The molecule has 0 bridgehead atoms. The average molecular weight is 245 g/mol. The summed E-state index contributed by atoms with van der Waals surface area (Å²) >= 11 is 0. The topological polar surface area (TPSA) is 20.3 Å². The summed E-state index contributed by atoms with van der Waals surface area (Å²) in [5, 5.41) is 0. The van der Waals surface area contributed by atoms with Gasteiger partial charge in [0.15, 0.2) is 0 Å². The number of hydrogen-bond acceptors (Lipinski definition) is 2. The lowest BCUT2D eigenvalue weighted by Gasteiger charge is -2.27. The van der Waals surface area contributed by atoms with Crippen molar-refractivity contribution in [1.82, 2.24) is 0 Å². The summed E-state index contributed by atoms with van der Waals surface area (Å²) in [6.07, 6.45) is -4.05. The maximum absolute atomic E-state index is 12.8. The fourth-order valence-corrected chi connectivity index (χ4v) is 1.44. The highest BCUT2D eigenvalue weighted by atomic mass is 19.4. The van der Waals surface area contributed by atoms with Gasteiger partial charge >= 0.3 is 6.18 Å². The maximum atomic E-state index is 12.8. The van der Waals surface area contributed by atoms with Crippen LogP contribution >= 0.6 is 0 Å². The van der Waals surface area contributed by atoms with E-state index in [4.69, 9.17) is 0 Å². The second-order valence-electron chi connectivity index (χ2n) is 4.10. The van der Waals surface area contributed by atoms with E-state index in [0.29, 0.717) is 6.29 Å². The summed E-state index contributed by atoms with van der Waals surface area (Å²) in [4.78, 5) is 12.0. The molecule has 0 radical (unpaired) electrons. The molecule has 0 aromatic heterocycles. The average Bonchev–Trinajstić information content (AvgIpc) is 2.26. The summed E-state index contributed by atoms with van der Waals surface area (Å²) in [5.41, 5.74) is -0.672. The molecule has 0 fully saturated rings. The van der Waals surface area contributed by atoms with Gasteiger partial charge in [-0.05, 0) is 32.0 Å². The Balaban J connectivity index is 3.35. The standard InChI is InChI=1S/C12H14F3NO/c1-8(2)16(3)11-5-4-9(7-17)6-10(11)12(13,14)15/h4-8H,1-3H3. The number of alkyl halides is 3. The van der Waals surface area contributed by atoms with E-state index in [9.17, 15) is 18.0 Å². The molecule has 94 valence electrons. The summed E-state index contributed by atoms with van der Waals surface area (Å²) in [6, 6.07) is 3.53. The van der Waals surface area contributed by atoms with Crippen molar-refractivity contribution in [1.29, 1.82) is 0 Å². The van der Waals surface area contributed by atoms with Gasteiger partial charge in [0, 0.05) is 24.3 Å². The molecule has 0 aliphatic carbocycles. The number of nitrogens with zero attached hydrogens (tertiary/aromatic N) is 1. The highest BCUT2D eigenvalue weighted by molar-refractivity contribution is 5.77. The molecule has 0 N–H and O–H groups in total. The molecule has 1 rings (SSSR count). The first-order valence-corrected chi connectivity index (χ1v) is 5.16. The van der Waals surface area contributed by atoms with Crippen LogP contribution in [0, 0.1) is 0 Å². The Morgan fingerprint density at radius 2 is 1.88 bits per heavy atom. The number of benzene rings is 1. The first kappa shape index (κ1) is 13.5. The molecule has 0 aliphatic heterocycles. The smallest absolute Gasteiger partial charge is 0.372 e. The number of hydrogen-bond donors (Lipinski definition) is 0. The molecule has 0 aliphatic rings. The molecule has 0 saturated heterocycles. The summed E-state index contributed by atoms with van der Waals surface area (Å²) in [7, 11) is 1.59. The minimum atomic E-state index is -4.46. The molecule has 0 atom stereocenters. The zero-order valence-corrected chi connectivity index (χ0v) is 9.88. The van der Waals surface area contributed by atoms with E-state index >= 15 is 0 Å². The van der Waals surface area contributed by atoms with Crippen molar-refractivity contribution in [2.24, 2.45) is 0 Å². The summed E-state index contributed by atoms with van der Waals surface area (Å²) in [6.45, 7) is 3.60. The van der Waals surface area contributed by atoms with Gasteiger partial charge in [-0.2, -0.15) is 13.2 Å². The van der Waals surface area contributed by atoms with Gasteiger partial charge in [0.2, 0.25) is 0 Å². The van der Waals surface area contributed by atoms with Gasteiger partial charge in [0.1, 0.15) is 6.29 Å². The van der Waals surface area contributed by atoms with Crippen molar-refractivity contribution in [3.63, 3.8) is 0 Å². The maximum Gasteiger partial charge on any atom is 0.418 e. The normalized spacial score (nSPS) is 11.7. The summed E-state index contributed by atoms with van der Waals surface area (Å²) in [5.74, 6) is 0. The highest BCUT2D eigenvalue weighted by Crippen LogP contribution is 2.37. The quantitative estimate of drug-likeness (QED) is 0.761. The zero-order valence-electron chi connectivity index (χ0n) is 9.88. The third-order valence-corrected chi connectivity index (χ3v) is 2.62. The van der Waals surface area contributed by atoms with Crippen LogP contribution in [-0.2, 0) is 6.18 Å².